The standard InChI is InChI=1S/C22H21N3O3S/c1-25-20(27)22(24-21(25)29,15-10-12-23-13-11-15)18-17(26)9-8-16(19(18)28-2)14-6-4-3-5-7-14/h3-13,21,24,26,29H,1-2H3. The lowest BCUT2D eigenvalue weighted by molar-refractivity contribution is -0.130. The van der Waals surface area contributed by atoms with Gasteiger partial charge in [0.25, 0.3) is 5.91 Å². The third-order valence-electron chi connectivity index (χ3n) is 5.27. The van der Waals surface area contributed by atoms with Crippen LogP contribution in [0.1, 0.15) is 11.1 Å². The number of aromatic hydroxyl groups is 1. The highest BCUT2D eigenvalue weighted by Gasteiger charge is 2.54. The number of aromatic nitrogens is 1. The number of rotatable bonds is 4. The lowest BCUT2D eigenvalue weighted by atomic mass is 9.80. The van der Waals surface area contributed by atoms with Crippen LogP contribution in [0.3, 0.4) is 0 Å². The highest BCUT2D eigenvalue weighted by atomic mass is 32.1. The predicted octanol–water partition coefficient (Wildman–Crippen LogP) is 2.98. The van der Waals surface area contributed by atoms with Crippen LogP contribution < -0.4 is 10.1 Å². The quantitative estimate of drug-likeness (QED) is 0.580. The van der Waals surface area contributed by atoms with Crippen molar-refractivity contribution in [2.24, 2.45) is 0 Å². The lowest BCUT2D eigenvalue weighted by Gasteiger charge is -2.31. The minimum absolute atomic E-state index is 0.0463. The van der Waals surface area contributed by atoms with Crippen LogP contribution in [0.2, 0.25) is 0 Å². The van der Waals surface area contributed by atoms with Gasteiger partial charge in [-0.25, -0.2) is 0 Å². The van der Waals surface area contributed by atoms with Crippen LogP contribution in [0.5, 0.6) is 11.5 Å². The second-order valence-corrected chi connectivity index (χ2v) is 7.32. The van der Waals surface area contributed by atoms with Gasteiger partial charge in [-0.1, -0.05) is 30.3 Å². The fourth-order valence-electron chi connectivity index (χ4n) is 3.85. The lowest BCUT2D eigenvalue weighted by Crippen LogP contribution is -2.45. The average molecular weight is 407 g/mol. The van der Waals surface area contributed by atoms with Crippen molar-refractivity contribution in [3.8, 4) is 22.6 Å². The highest BCUT2D eigenvalue weighted by molar-refractivity contribution is 7.80. The van der Waals surface area contributed by atoms with Gasteiger partial charge in [-0.2, -0.15) is 0 Å². The summed E-state index contributed by atoms with van der Waals surface area (Å²) in [6.07, 6.45) is 3.23. The van der Waals surface area contributed by atoms with Crippen molar-refractivity contribution in [2.45, 2.75) is 11.0 Å². The number of amides is 1. The summed E-state index contributed by atoms with van der Waals surface area (Å²) in [6.45, 7) is 0. The average Bonchev–Trinajstić information content (AvgIpc) is 2.99. The van der Waals surface area contributed by atoms with Gasteiger partial charge in [0.2, 0.25) is 0 Å². The Labute approximate surface area is 174 Å². The zero-order chi connectivity index (χ0) is 20.6. The maximum atomic E-state index is 13.5. The summed E-state index contributed by atoms with van der Waals surface area (Å²) >= 11 is 4.51. The topological polar surface area (TPSA) is 74.7 Å². The number of likely N-dealkylation sites (N-methyl/N-ethyl adjacent to an activating group) is 1. The van der Waals surface area contributed by atoms with Crippen LogP contribution in [-0.2, 0) is 10.3 Å². The van der Waals surface area contributed by atoms with Crippen molar-refractivity contribution in [1.82, 2.24) is 15.2 Å². The Bertz CT molecular complexity index is 1050. The smallest absolute Gasteiger partial charge is 0.254 e. The molecule has 3 aromatic rings. The second-order valence-electron chi connectivity index (χ2n) is 6.83. The molecular weight excluding hydrogens is 386 g/mol. The van der Waals surface area contributed by atoms with Gasteiger partial charge in [0, 0.05) is 25.0 Å². The first-order chi connectivity index (χ1) is 14.0. The van der Waals surface area contributed by atoms with Crippen LogP contribution in [0.25, 0.3) is 11.1 Å². The molecule has 0 spiro atoms. The van der Waals surface area contributed by atoms with E-state index in [2.05, 4.69) is 22.9 Å². The fourth-order valence-corrected chi connectivity index (χ4v) is 4.15. The van der Waals surface area contributed by atoms with Crippen molar-refractivity contribution in [1.29, 1.82) is 0 Å². The van der Waals surface area contributed by atoms with Crippen molar-refractivity contribution in [3.05, 3.63) is 78.1 Å². The minimum Gasteiger partial charge on any atom is -0.507 e. The molecule has 2 heterocycles. The molecule has 1 amide bonds. The molecule has 1 aromatic heterocycles. The Morgan fingerprint density at radius 3 is 2.41 bits per heavy atom. The Morgan fingerprint density at radius 1 is 1.14 bits per heavy atom. The van der Waals surface area contributed by atoms with Gasteiger partial charge in [-0.3, -0.25) is 15.1 Å². The van der Waals surface area contributed by atoms with E-state index in [-0.39, 0.29) is 11.7 Å². The number of carbonyl (C=O) groups is 1. The van der Waals surface area contributed by atoms with E-state index < -0.39 is 11.0 Å². The summed E-state index contributed by atoms with van der Waals surface area (Å²) in [5.74, 6) is 0.127. The highest BCUT2D eigenvalue weighted by Crippen LogP contribution is 2.49. The first kappa shape index (κ1) is 19.3. The molecule has 1 aliphatic heterocycles. The normalized spacial score (nSPS) is 21.4. The largest absolute Gasteiger partial charge is 0.507 e. The molecule has 0 saturated carbocycles. The molecular formula is C22H21N3O3S. The number of carbonyl (C=O) groups excluding carboxylic acids is 1. The molecule has 2 aromatic carbocycles. The van der Waals surface area contributed by atoms with Crippen molar-refractivity contribution < 1.29 is 14.6 Å². The number of ether oxygens (including phenoxy) is 1. The van der Waals surface area contributed by atoms with Crippen LogP contribution in [-0.4, -0.2) is 40.6 Å². The number of nitrogens with zero attached hydrogens (tertiary/aromatic N) is 2. The monoisotopic (exact) mass is 407 g/mol. The number of methoxy groups -OCH3 is 1. The zero-order valence-electron chi connectivity index (χ0n) is 16.0. The molecule has 0 aliphatic carbocycles. The molecule has 29 heavy (non-hydrogen) atoms. The van der Waals surface area contributed by atoms with E-state index in [4.69, 9.17) is 4.74 Å². The number of benzene rings is 2. The summed E-state index contributed by atoms with van der Waals surface area (Å²) in [5, 5.41) is 14.2. The van der Waals surface area contributed by atoms with E-state index in [1.54, 1.807) is 43.7 Å². The molecule has 4 rings (SSSR count). The molecule has 2 atom stereocenters. The molecule has 148 valence electrons. The number of nitrogens with one attached hydrogen (secondary N) is 1. The molecule has 7 heteroatoms. The maximum Gasteiger partial charge on any atom is 0.254 e. The Morgan fingerprint density at radius 2 is 1.83 bits per heavy atom. The van der Waals surface area contributed by atoms with E-state index in [9.17, 15) is 9.90 Å². The van der Waals surface area contributed by atoms with E-state index in [0.29, 0.717) is 16.9 Å². The van der Waals surface area contributed by atoms with Crippen molar-refractivity contribution >= 4 is 18.5 Å². The van der Waals surface area contributed by atoms with Crippen LogP contribution >= 0.6 is 12.6 Å². The van der Waals surface area contributed by atoms with Crippen LogP contribution in [0, 0.1) is 0 Å². The van der Waals surface area contributed by atoms with E-state index in [1.807, 2.05) is 30.3 Å². The van der Waals surface area contributed by atoms with Crippen molar-refractivity contribution in [2.75, 3.05) is 14.2 Å². The summed E-state index contributed by atoms with van der Waals surface area (Å²) in [7, 11) is 3.20. The maximum absolute atomic E-state index is 13.5. The number of thiol groups is 1. The van der Waals surface area contributed by atoms with E-state index in [1.165, 1.54) is 12.0 Å². The minimum atomic E-state index is -1.37. The summed E-state index contributed by atoms with van der Waals surface area (Å²) in [5.41, 5.74) is 0.761. The molecule has 1 aliphatic rings. The Hall–Kier alpha value is -3.03. The first-order valence-electron chi connectivity index (χ1n) is 9.10. The summed E-state index contributed by atoms with van der Waals surface area (Å²) < 4.78 is 5.78. The van der Waals surface area contributed by atoms with Crippen LogP contribution in [0.15, 0.2) is 67.0 Å². The fraction of sp³-hybridized carbons (Fsp3) is 0.182. The molecule has 1 saturated heterocycles. The van der Waals surface area contributed by atoms with Gasteiger partial charge in [-0.15, -0.1) is 12.6 Å². The Kier molecular flexibility index (Phi) is 4.94. The number of phenols is 1. The zero-order valence-corrected chi connectivity index (χ0v) is 16.9. The van der Waals surface area contributed by atoms with Gasteiger partial charge in [-0.05, 0) is 35.4 Å². The van der Waals surface area contributed by atoms with E-state index >= 15 is 0 Å². The Balaban J connectivity index is 2.06. The number of phenolic OH excluding ortho intramolecular Hbond substituents is 1. The van der Waals surface area contributed by atoms with Gasteiger partial charge in [0.1, 0.15) is 17.0 Å². The van der Waals surface area contributed by atoms with E-state index in [0.717, 1.165) is 11.1 Å². The van der Waals surface area contributed by atoms with Gasteiger partial charge >= 0.3 is 0 Å². The second kappa shape index (κ2) is 7.42. The SMILES string of the molecule is COc1c(-c2ccccc2)ccc(O)c1C1(c2ccncc2)NC(S)N(C)C1=O. The predicted molar refractivity (Wildman–Crippen MR) is 114 cm³/mol. The third-order valence-corrected chi connectivity index (χ3v) is 5.74. The first-order valence-corrected chi connectivity index (χ1v) is 9.61. The number of pyridine rings is 1. The molecule has 6 nitrogen and oxygen atoms in total. The van der Waals surface area contributed by atoms with Gasteiger partial charge < -0.3 is 14.7 Å². The van der Waals surface area contributed by atoms with Gasteiger partial charge in [0.05, 0.1) is 12.7 Å². The summed E-state index contributed by atoms with van der Waals surface area (Å²) in [6, 6.07) is 16.6. The van der Waals surface area contributed by atoms with Crippen LogP contribution in [0.4, 0.5) is 0 Å². The molecule has 2 unspecified atom stereocenters. The molecule has 2 N–H and O–H groups in total. The molecule has 0 radical (unpaired) electrons. The number of hydrogen-bond donors (Lipinski definition) is 3. The van der Waals surface area contributed by atoms with Gasteiger partial charge in [0.15, 0.2) is 5.54 Å². The molecule has 0 bridgehead atoms. The summed E-state index contributed by atoms with van der Waals surface area (Å²) in [4.78, 5) is 19.1. The third kappa shape index (κ3) is 2.94. The molecule has 1 fully saturated rings. The number of hydrogen-bond acceptors (Lipinski definition) is 6. The van der Waals surface area contributed by atoms with Crippen molar-refractivity contribution in [3.63, 3.8) is 0 Å².